The van der Waals surface area contributed by atoms with Crippen LogP contribution in [0.1, 0.15) is 15.9 Å². The molecule has 0 bridgehead atoms. The average molecular weight is 462 g/mol. The van der Waals surface area contributed by atoms with Crippen molar-refractivity contribution in [2.45, 2.75) is 19.2 Å². The van der Waals surface area contributed by atoms with Crippen molar-refractivity contribution in [2.75, 3.05) is 5.32 Å². The number of benzene rings is 2. The van der Waals surface area contributed by atoms with Crippen molar-refractivity contribution < 1.29 is 28.3 Å². The first-order chi connectivity index (χ1) is 16.4. The Morgan fingerprint density at radius 2 is 1.76 bits per heavy atom. The third-order valence-corrected chi connectivity index (χ3v) is 4.99. The second-order valence-corrected chi connectivity index (χ2v) is 7.38. The number of hydrogen-bond acceptors (Lipinski definition) is 6. The molecule has 2 heterocycles. The van der Waals surface area contributed by atoms with Crippen molar-refractivity contribution in [3.63, 3.8) is 0 Å². The maximum Gasteiger partial charge on any atom is 0.434 e. The largest absolute Gasteiger partial charge is 0.443 e. The van der Waals surface area contributed by atoms with Crippen LogP contribution in [0, 0.1) is 5.82 Å². The van der Waals surface area contributed by atoms with E-state index in [4.69, 9.17) is 4.74 Å². The van der Waals surface area contributed by atoms with Gasteiger partial charge in [0.05, 0.1) is 5.36 Å². The fourth-order valence-electron chi connectivity index (χ4n) is 3.24. The summed E-state index contributed by atoms with van der Waals surface area (Å²) in [6, 6.07) is 15.8. The molecule has 4 rings (SSSR count). The van der Waals surface area contributed by atoms with Crippen LogP contribution in [0.5, 0.6) is 0 Å². The van der Waals surface area contributed by atoms with E-state index in [-0.39, 0.29) is 24.3 Å². The van der Waals surface area contributed by atoms with Crippen molar-refractivity contribution in [3.8, 4) is 0 Å². The number of halogens is 1. The van der Waals surface area contributed by atoms with Crippen LogP contribution in [0.25, 0.3) is 0 Å². The van der Waals surface area contributed by atoms with Crippen molar-refractivity contribution in [1.29, 1.82) is 0 Å². The summed E-state index contributed by atoms with van der Waals surface area (Å²) >= 11 is 0. The molecular weight excluding hydrogens is 443 g/mol. The van der Waals surface area contributed by atoms with Gasteiger partial charge in [-0.3, -0.25) is 19.0 Å². The fourth-order valence-corrected chi connectivity index (χ4v) is 3.24. The lowest BCUT2D eigenvalue weighted by molar-refractivity contribution is -0.128. The number of carbonyl (C=O) groups is 4. The Kier molecular flexibility index (Phi) is 6.58. The molecule has 34 heavy (non-hydrogen) atoms. The Morgan fingerprint density at radius 3 is 2.50 bits per heavy atom. The zero-order valence-corrected chi connectivity index (χ0v) is 17.7. The van der Waals surface area contributed by atoms with Gasteiger partial charge in [0.15, 0.2) is 6.04 Å². The minimum Gasteiger partial charge on any atom is -0.443 e. The molecule has 2 amide bonds. The van der Waals surface area contributed by atoms with Gasteiger partial charge in [0.25, 0.3) is 11.7 Å². The van der Waals surface area contributed by atoms with Gasteiger partial charge in [0.2, 0.25) is 0 Å². The molecule has 1 unspecified atom stereocenters. The van der Waals surface area contributed by atoms with Crippen molar-refractivity contribution in [1.82, 2.24) is 9.88 Å². The molecule has 0 fully saturated rings. The number of rotatable bonds is 5. The lowest BCUT2D eigenvalue weighted by Crippen LogP contribution is -2.52. The van der Waals surface area contributed by atoms with Gasteiger partial charge in [-0.1, -0.05) is 42.5 Å². The summed E-state index contributed by atoms with van der Waals surface area (Å²) < 4.78 is 19.2. The average Bonchev–Trinajstić information content (AvgIpc) is 2.85. The van der Waals surface area contributed by atoms with Gasteiger partial charge in [-0.2, -0.15) is 4.99 Å². The van der Waals surface area contributed by atoms with Crippen LogP contribution in [-0.4, -0.2) is 34.3 Å². The first-order valence-electron chi connectivity index (χ1n) is 10.3. The van der Waals surface area contributed by atoms with Crippen molar-refractivity contribution >= 4 is 29.5 Å². The van der Waals surface area contributed by atoms with E-state index in [1.54, 1.807) is 12.1 Å². The highest BCUT2D eigenvalue weighted by Crippen LogP contribution is 2.14. The number of carbonyl (C=O) groups excluding carboxylic acids is 4. The SMILES string of the molecule is O=C(/N=c1\ccn2c(c1)NC(C(=O)NCc1ccc(F)cc1)C(=O)C2=O)OCc1ccccc1. The first kappa shape index (κ1) is 22.6. The number of nitrogens with one attached hydrogen (secondary N) is 2. The van der Waals surface area contributed by atoms with Crippen LogP contribution in [0.2, 0.25) is 0 Å². The van der Waals surface area contributed by atoms with Gasteiger partial charge < -0.3 is 15.4 Å². The fraction of sp³-hybridized carbons (Fsp3) is 0.125. The molecule has 2 aromatic carbocycles. The number of ether oxygens (including phenoxy) is 1. The minimum atomic E-state index is -1.46. The smallest absolute Gasteiger partial charge is 0.434 e. The van der Waals surface area contributed by atoms with Crippen LogP contribution in [-0.2, 0) is 27.5 Å². The molecule has 0 spiro atoms. The van der Waals surface area contributed by atoms with E-state index in [0.717, 1.165) is 10.1 Å². The predicted molar refractivity (Wildman–Crippen MR) is 118 cm³/mol. The summed E-state index contributed by atoms with van der Waals surface area (Å²) in [7, 11) is 0. The summed E-state index contributed by atoms with van der Waals surface area (Å²) in [6.45, 7) is 0.0891. The molecule has 1 atom stereocenters. The molecule has 1 aromatic heterocycles. The zero-order chi connectivity index (χ0) is 24.1. The number of ketones is 1. The molecule has 10 heteroatoms. The number of aromatic nitrogens is 1. The number of hydrogen-bond donors (Lipinski definition) is 2. The summed E-state index contributed by atoms with van der Waals surface area (Å²) in [5.74, 6) is -2.87. The van der Waals surface area contributed by atoms with Crippen molar-refractivity contribution in [3.05, 3.63) is 95.2 Å². The summed E-state index contributed by atoms with van der Waals surface area (Å²) in [4.78, 5) is 53.3. The molecule has 172 valence electrons. The highest BCUT2D eigenvalue weighted by Gasteiger charge is 2.37. The van der Waals surface area contributed by atoms with Gasteiger partial charge in [-0.05, 0) is 29.3 Å². The van der Waals surface area contributed by atoms with E-state index in [2.05, 4.69) is 15.6 Å². The monoisotopic (exact) mass is 462 g/mol. The lowest BCUT2D eigenvalue weighted by atomic mass is 10.1. The van der Waals surface area contributed by atoms with Crippen LogP contribution in [0.3, 0.4) is 0 Å². The Labute approximate surface area is 192 Å². The van der Waals surface area contributed by atoms with Gasteiger partial charge in [-0.15, -0.1) is 0 Å². The highest BCUT2D eigenvalue weighted by atomic mass is 19.1. The molecule has 3 aromatic rings. The van der Waals surface area contributed by atoms with E-state index in [0.29, 0.717) is 5.56 Å². The second kappa shape index (κ2) is 9.90. The predicted octanol–water partition coefficient (Wildman–Crippen LogP) is 2.18. The minimum absolute atomic E-state index is 0.0430. The van der Waals surface area contributed by atoms with Gasteiger partial charge in [-0.25, -0.2) is 9.18 Å². The molecule has 0 radical (unpaired) electrons. The molecule has 0 aliphatic carbocycles. The molecule has 0 saturated heterocycles. The Balaban J connectivity index is 1.45. The Morgan fingerprint density at radius 1 is 1.03 bits per heavy atom. The van der Waals surface area contributed by atoms with Crippen LogP contribution >= 0.6 is 0 Å². The normalized spacial score (nSPS) is 15.3. The number of nitrogens with zero attached hydrogens (tertiary/aromatic N) is 2. The van der Waals surface area contributed by atoms with Gasteiger partial charge in [0, 0.05) is 18.8 Å². The van der Waals surface area contributed by atoms with Crippen LogP contribution < -0.4 is 16.0 Å². The Bertz CT molecular complexity index is 1320. The molecule has 1 aliphatic rings. The van der Waals surface area contributed by atoms with E-state index in [1.165, 1.54) is 42.6 Å². The summed E-state index contributed by atoms with van der Waals surface area (Å²) in [5.41, 5.74) is 1.42. The quantitative estimate of drug-likeness (QED) is 0.443. The van der Waals surface area contributed by atoms with E-state index in [1.807, 2.05) is 18.2 Å². The second-order valence-electron chi connectivity index (χ2n) is 7.38. The number of anilines is 1. The molecule has 9 nitrogen and oxygen atoms in total. The highest BCUT2D eigenvalue weighted by molar-refractivity contribution is 6.45. The Hall–Kier alpha value is -4.60. The molecule has 0 saturated carbocycles. The molecular formula is C24H19FN4O5. The number of fused-ring (bicyclic) bond motifs is 1. The number of pyridine rings is 1. The molecule has 1 aliphatic heterocycles. The van der Waals surface area contributed by atoms with E-state index < -0.39 is 35.5 Å². The maximum atomic E-state index is 13.0. The summed E-state index contributed by atoms with van der Waals surface area (Å²) in [5, 5.41) is 5.42. The maximum absolute atomic E-state index is 13.0. The molecule has 2 N–H and O–H groups in total. The standard InChI is InChI=1S/C24H19FN4O5/c25-17-8-6-15(7-9-17)13-26-22(31)20-21(30)23(32)29-11-10-18(12-19(29)28-20)27-24(33)34-14-16-4-2-1-3-5-16/h1-12,20,28H,13-14H2,(H,26,31)/b27-18+. The lowest BCUT2D eigenvalue weighted by Gasteiger charge is -2.25. The third-order valence-electron chi connectivity index (χ3n) is 4.99. The zero-order valence-electron chi connectivity index (χ0n) is 17.7. The van der Waals surface area contributed by atoms with Gasteiger partial charge in [0.1, 0.15) is 18.2 Å². The van der Waals surface area contributed by atoms with Crippen molar-refractivity contribution in [2.24, 2.45) is 4.99 Å². The van der Waals surface area contributed by atoms with Crippen LogP contribution in [0.4, 0.5) is 15.0 Å². The number of amides is 2. The number of Topliss-reactive ketones (excluding diaryl/α,β-unsaturated/α-hetero) is 1. The van der Waals surface area contributed by atoms with E-state index >= 15 is 0 Å². The van der Waals surface area contributed by atoms with Gasteiger partial charge >= 0.3 is 12.0 Å². The summed E-state index contributed by atoms with van der Waals surface area (Å²) in [6.07, 6.45) is 0.444. The first-order valence-corrected chi connectivity index (χ1v) is 10.3. The topological polar surface area (TPSA) is 119 Å². The third kappa shape index (κ3) is 5.23. The van der Waals surface area contributed by atoms with E-state index in [9.17, 15) is 23.6 Å². The van der Waals surface area contributed by atoms with Crippen LogP contribution in [0.15, 0.2) is 77.9 Å².